The SMILES string of the molecule is Cc1ccc(C)c(NC(=O)c2ccc(Br)cc2O)c1. The maximum atomic E-state index is 12.1. The summed E-state index contributed by atoms with van der Waals surface area (Å²) >= 11 is 3.24. The van der Waals surface area contributed by atoms with Gasteiger partial charge >= 0.3 is 0 Å². The number of hydrogen-bond donors (Lipinski definition) is 2. The molecule has 0 atom stereocenters. The van der Waals surface area contributed by atoms with Crippen LogP contribution in [0.25, 0.3) is 0 Å². The molecule has 0 fully saturated rings. The number of carbonyl (C=O) groups is 1. The predicted octanol–water partition coefficient (Wildman–Crippen LogP) is 4.02. The molecule has 0 unspecified atom stereocenters. The molecule has 3 nitrogen and oxygen atoms in total. The molecule has 2 aromatic rings. The van der Waals surface area contributed by atoms with Crippen LogP contribution in [0, 0.1) is 13.8 Å². The molecule has 2 aromatic carbocycles. The third-order valence-electron chi connectivity index (χ3n) is 2.85. The molecule has 1 amide bonds. The number of phenols is 1. The molecule has 0 heterocycles. The van der Waals surface area contributed by atoms with Crippen molar-refractivity contribution in [2.24, 2.45) is 0 Å². The quantitative estimate of drug-likeness (QED) is 0.878. The van der Waals surface area contributed by atoms with Crippen molar-refractivity contribution >= 4 is 27.5 Å². The minimum atomic E-state index is -0.321. The van der Waals surface area contributed by atoms with Crippen LogP contribution in [0.15, 0.2) is 40.9 Å². The maximum absolute atomic E-state index is 12.1. The second kappa shape index (κ2) is 5.45. The zero-order chi connectivity index (χ0) is 14.0. The van der Waals surface area contributed by atoms with E-state index in [1.54, 1.807) is 12.1 Å². The van der Waals surface area contributed by atoms with Gasteiger partial charge in [-0.15, -0.1) is 0 Å². The lowest BCUT2D eigenvalue weighted by Crippen LogP contribution is -2.13. The number of hydrogen-bond acceptors (Lipinski definition) is 2. The first-order chi connectivity index (χ1) is 8.97. The normalized spacial score (nSPS) is 10.3. The Hall–Kier alpha value is -1.81. The third kappa shape index (κ3) is 3.15. The first kappa shape index (κ1) is 13.6. The Morgan fingerprint density at radius 3 is 2.58 bits per heavy atom. The molecule has 19 heavy (non-hydrogen) atoms. The molecule has 0 bridgehead atoms. The van der Waals surface area contributed by atoms with Gasteiger partial charge in [0, 0.05) is 10.2 Å². The number of anilines is 1. The number of rotatable bonds is 2. The lowest BCUT2D eigenvalue weighted by Gasteiger charge is -2.10. The average molecular weight is 320 g/mol. The van der Waals surface area contributed by atoms with Gasteiger partial charge in [0.1, 0.15) is 5.75 Å². The first-order valence-corrected chi connectivity index (χ1v) is 6.64. The minimum absolute atomic E-state index is 0.0443. The standard InChI is InChI=1S/C15H14BrNO2/c1-9-3-4-10(2)13(7-9)17-15(19)12-6-5-11(16)8-14(12)18/h3-8,18H,1-2H3,(H,17,19). The van der Waals surface area contributed by atoms with Gasteiger partial charge in [-0.05, 0) is 49.2 Å². The largest absolute Gasteiger partial charge is 0.507 e. The number of aryl methyl sites for hydroxylation is 2. The van der Waals surface area contributed by atoms with Gasteiger partial charge < -0.3 is 10.4 Å². The van der Waals surface area contributed by atoms with E-state index >= 15 is 0 Å². The van der Waals surface area contributed by atoms with Crippen molar-refractivity contribution in [2.45, 2.75) is 13.8 Å². The van der Waals surface area contributed by atoms with Crippen molar-refractivity contribution in [2.75, 3.05) is 5.32 Å². The number of phenolic OH excluding ortho intramolecular Hbond substituents is 1. The summed E-state index contributed by atoms with van der Waals surface area (Å²) in [7, 11) is 0. The van der Waals surface area contributed by atoms with Crippen LogP contribution in [-0.2, 0) is 0 Å². The van der Waals surface area contributed by atoms with E-state index in [4.69, 9.17) is 0 Å². The molecule has 98 valence electrons. The Balaban J connectivity index is 2.28. The van der Waals surface area contributed by atoms with Gasteiger partial charge in [-0.2, -0.15) is 0 Å². The third-order valence-corrected chi connectivity index (χ3v) is 3.34. The molecule has 0 saturated heterocycles. The van der Waals surface area contributed by atoms with Crippen LogP contribution in [0.2, 0.25) is 0 Å². The molecule has 0 aliphatic carbocycles. The minimum Gasteiger partial charge on any atom is -0.507 e. The summed E-state index contributed by atoms with van der Waals surface area (Å²) in [6, 6.07) is 10.6. The summed E-state index contributed by atoms with van der Waals surface area (Å²) in [5.41, 5.74) is 3.06. The summed E-state index contributed by atoms with van der Waals surface area (Å²) in [6.07, 6.45) is 0. The van der Waals surface area contributed by atoms with E-state index in [9.17, 15) is 9.90 Å². The average Bonchev–Trinajstić information content (AvgIpc) is 2.33. The fraction of sp³-hybridized carbons (Fsp3) is 0.133. The summed E-state index contributed by atoms with van der Waals surface area (Å²) < 4.78 is 0.730. The highest BCUT2D eigenvalue weighted by Crippen LogP contribution is 2.24. The van der Waals surface area contributed by atoms with Gasteiger partial charge in [-0.3, -0.25) is 4.79 Å². The van der Waals surface area contributed by atoms with E-state index in [-0.39, 0.29) is 17.2 Å². The van der Waals surface area contributed by atoms with E-state index in [2.05, 4.69) is 21.2 Å². The monoisotopic (exact) mass is 319 g/mol. The van der Waals surface area contributed by atoms with E-state index in [1.807, 2.05) is 32.0 Å². The van der Waals surface area contributed by atoms with Gasteiger partial charge in [0.05, 0.1) is 5.56 Å². The Bertz CT molecular complexity index is 638. The number of amides is 1. The van der Waals surface area contributed by atoms with Crippen molar-refractivity contribution in [1.82, 2.24) is 0 Å². The second-order valence-corrected chi connectivity index (χ2v) is 5.35. The Kier molecular flexibility index (Phi) is 3.90. The smallest absolute Gasteiger partial charge is 0.259 e. The highest BCUT2D eigenvalue weighted by molar-refractivity contribution is 9.10. The molecule has 0 aromatic heterocycles. The number of halogens is 1. The maximum Gasteiger partial charge on any atom is 0.259 e. The summed E-state index contributed by atoms with van der Waals surface area (Å²) in [6.45, 7) is 3.89. The topological polar surface area (TPSA) is 49.3 Å². The lowest BCUT2D eigenvalue weighted by molar-refractivity contribution is 0.102. The molecule has 0 radical (unpaired) electrons. The molecule has 0 spiro atoms. The Morgan fingerprint density at radius 1 is 1.16 bits per heavy atom. The van der Waals surface area contributed by atoms with E-state index in [0.29, 0.717) is 0 Å². The highest BCUT2D eigenvalue weighted by Gasteiger charge is 2.12. The van der Waals surface area contributed by atoms with Crippen LogP contribution in [0.5, 0.6) is 5.75 Å². The molecule has 2 rings (SSSR count). The number of nitrogens with one attached hydrogen (secondary N) is 1. The van der Waals surface area contributed by atoms with Gasteiger partial charge in [0.15, 0.2) is 0 Å². The van der Waals surface area contributed by atoms with Crippen molar-refractivity contribution in [3.05, 3.63) is 57.6 Å². The summed E-state index contributed by atoms with van der Waals surface area (Å²) in [4.78, 5) is 12.1. The molecular formula is C15H14BrNO2. The summed E-state index contributed by atoms with van der Waals surface area (Å²) in [5.74, 6) is -0.365. The van der Waals surface area contributed by atoms with Crippen LogP contribution in [0.4, 0.5) is 5.69 Å². The predicted molar refractivity (Wildman–Crippen MR) is 79.7 cm³/mol. The van der Waals surface area contributed by atoms with E-state index < -0.39 is 0 Å². The van der Waals surface area contributed by atoms with Gasteiger partial charge in [-0.25, -0.2) is 0 Å². The van der Waals surface area contributed by atoms with Gasteiger partial charge in [0.2, 0.25) is 0 Å². The number of benzene rings is 2. The first-order valence-electron chi connectivity index (χ1n) is 5.84. The van der Waals surface area contributed by atoms with E-state index in [1.165, 1.54) is 6.07 Å². The molecular weight excluding hydrogens is 306 g/mol. The summed E-state index contributed by atoms with van der Waals surface area (Å²) in [5, 5.41) is 12.6. The van der Waals surface area contributed by atoms with Crippen LogP contribution in [0.1, 0.15) is 21.5 Å². The van der Waals surface area contributed by atoms with E-state index in [0.717, 1.165) is 21.3 Å². The zero-order valence-corrected chi connectivity index (χ0v) is 12.3. The molecule has 0 aliphatic heterocycles. The van der Waals surface area contributed by atoms with Crippen molar-refractivity contribution in [3.63, 3.8) is 0 Å². The Morgan fingerprint density at radius 2 is 1.89 bits per heavy atom. The fourth-order valence-corrected chi connectivity index (χ4v) is 2.11. The number of carbonyl (C=O) groups excluding carboxylic acids is 1. The van der Waals surface area contributed by atoms with Gasteiger partial charge in [0.25, 0.3) is 5.91 Å². The lowest BCUT2D eigenvalue weighted by atomic mass is 10.1. The van der Waals surface area contributed by atoms with Crippen LogP contribution in [-0.4, -0.2) is 11.0 Å². The second-order valence-electron chi connectivity index (χ2n) is 4.43. The molecule has 2 N–H and O–H groups in total. The van der Waals surface area contributed by atoms with Crippen LogP contribution in [0.3, 0.4) is 0 Å². The molecule has 4 heteroatoms. The Labute approximate surface area is 120 Å². The molecule has 0 aliphatic rings. The highest BCUT2D eigenvalue weighted by atomic mass is 79.9. The number of aromatic hydroxyl groups is 1. The van der Waals surface area contributed by atoms with Gasteiger partial charge in [-0.1, -0.05) is 28.1 Å². The van der Waals surface area contributed by atoms with Crippen molar-refractivity contribution in [3.8, 4) is 5.75 Å². The van der Waals surface area contributed by atoms with Crippen LogP contribution >= 0.6 is 15.9 Å². The molecule has 0 saturated carbocycles. The van der Waals surface area contributed by atoms with Crippen LogP contribution < -0.4 is 5.32 Å². The van der Waals surface area contributed by atoms with Crippen molar-refractivity contribution < 1.29 is 9.90 Å². The van der Waals surface area contributed by atoms with Crippen molar-refractivity contribution in [1.29, 1.82) is 0 Å². The zero-order valence-electron chi connectivity index (χ0n) is 10.7. The fourth-order valence-electron chi connectivity index (χ4n) is 1.76.